The molecule has 4 rings (SSSR count). The number of aliphatic carboxylic acids is 1. The summed E-state index contributed by atoms with van der Waals surface area (Å²) < 4.78 is 0. The van der Waals surface area contributed by atoms with Crippen LogP contribution in [0.2, 0.25) is 0 Å². The number of hydrogen-bond acceptors (Lipinski definition) is 4. The van der Waals surface area contributed by atoms with Crippen LogP contribution >= 0.6 is 11.3 Å². The third-order valence-electron chi connectivity index (χ3n) is 7.44. The molecule has 34 heavy (non-hydrogen) atoms. The molecule has 0 aliphatic heterocycles. The van der Waals surface area contributed by atoms with Crippen molar-refractivity contribution in [2.75, 3.05) is 5.32 Å². The third-order valence-corrected chi connectivity index (χ3v) is 8.46. The van der Waals surface area contributed by atoms with Crippen LogP contribution in [0.3, 0.4) is 0 Å². The summed E-state index contributed by atoms with van der Waals surface area (Å²) in [6.45, 7) is 10.1. The topological polar surface area (TPSA) is 109 Å². The van der Waals surface area contributed by atoms with Gasteiger partial charge in [-0.25, -0.2) is 0 Å². The third kappa shape index (κ3) is 3.96. The van der Waals surface area contributed by atoms with Crippen LogP contribution in [0, 0.1) is 30.6 Å². The number of amides is 2. The molecule has 2 amide bonds. The molecule has 4 N–H and O–H groups in total. The lowest BCUT2D eigenvalue weighted by atomic mass is 9.78. The summed E-state index contributed by atoms with van der Waals surface area (Å²) in [6.07, 6.45) is 1.61. The molecule has 0 saturated heterocycles. The fraction of sp³-hybridized carbons (Fsp3) is 0.444. The van der Waals surface area contributed by atoms with Crippen molar-refractivity contribution in [3.05, 3.63) is 51.4 Å². The van der Waals surface area contributed by atoms with E-state index in [0.717, 1.165) is 40.0 Å². The summed E-state index contributed by atoms with van der Waals surface area (Å²) in [4.78, 5) is 39.0. The van der Waals surface area contributed by atoms with Gasteiger partial charge < -0.3 is 16.2 Å². The van der Waals surface area contributed by atoms with E-state index in [2.05, 4.69) is 19.2 Å². The number of hydrogen-bond donors (Lipinski definition) is 3. The Kier molecular flexibility index (Phi) is 6.42. The first kappa shape index (κ1) is 24.2. The first-order valence-electron chi connectivity index (χ1n) is 11.8. The molecule has 0 spiro atoms. The van der Waals surface area contributed by atoms with Gasteiger partial charge in [0.2, 0.25) is 5.91 Å². The molecule has 2 saturated carbocycles. The number of carbonyl (C=O) groups excluding carboxylic acids is 2. The van der Waals surface area contributed by atoms with E-state index in [1.807, 2.05) is 45.0 Å². The fourth-order valence-electron chi connectivity index (χ4n) is 6.05. The van der Waals surface area contributed by atoms with E-state index in [4.69, 9.17) is 5.73 Å². The maximum absolute atomic E-state index is 13.5. The predicted octanol–water partition coefficient (Wildman–Crippen LogP) is 5.58. The molecule has 2 fully saturated rings. The van der Waals surface area contributed by atoms with E-state index < -0.39 is 23.7 Å². The van der Waals surface area contributed by atoms with Gasteiger partial charge in [0.1, 0.15) is 5.00 Å². The lowest BCUT2D eigenvalue weighted by molar-refractivity contribution is -0.148. The van der Waals surface area contributed by atoms with Gasteiger partial charge in [0.25, 0.3) is 5.91 Å². The number of nitrogens with two attached hydrogens (primary N) is 1. The Hall–Kier alpha value is -2.93. The molecule has 2 aliphatic rings. The molecule has 2 bridgehead atoms. The van der Waals surface area contributed by atoms with Crippen molar-refractivity contribution in [1.82, 2.24) is 0 Å². The number of benzene rings is 1. The summed E-state index contributed by atoms with van der Waals surface area (Å²) in [6, 6.07) is 8.02. The van der Waals surface area contributed by atoms with E-state index in [0.29, 0.717) is 10.9 Å². The molecule has 1 aromatic heterocycles. The summed E-state index contributed by atoms with van der Waals surface area (Å²) in [5.74, 6) is -3.08. The number of primary amides is 1. The summed E-state index contributed by atoms with van der Waals surface area (Å²) in [5.41, 5.74) is 11.1. The smallest absolute Gasteiger partial charge is 0.307 e. The minimum atomic E-state index is -0.936. The second-order valence-electron chi connectivity index (χ2n) is 10.0. The van der Waals surface area contributed by atoms with Gasteiger partial charge in [0, 0.05) is 10.4 Å². The molecule has 1 aromatic carbocycles. The minimum Gasteiger partial charge on any atom is -0.481 e. The quantitative estimate of drug-likeness (QED) is 0.469. The zero-order chi connectivity index (χ0) is 24.9. The minimum absolute atomic E-state index is 0.0720. The average molecular weight is 481 g/mol. The molecule has 2 aromatic rings. The van der Waals surface area contributed by atoms with Crippen LogP contribution in [0.5, 0.6) is 0 Å². The van der Waals surface area contributed by atoms with Gasteiger partial charge in [-0.15, -0.1) is 11.3 Å². The number of allylic oxidation sites excluding steroid dienone is 2. The standard InChI is InChI=1S/C27H32N2O4S/c1-12(2)15-6-8-16(9-7-15)20-14(5)34-26(23(20)24(28)30)29-25(31)21-17-10-11-18(19(17)13(3)4)22(21)27(32)33/h6-9,12,17-18,21-22H,10-11H2,1-5H3,(H2,28,30)(H,29,31)(H,32,33)/t17-,18+,21-,22-/m0/s1. The van der Waals surface area contributed by atoms with E-state index in [1.54, 1.807) is 0 Å². The number of anilines is 1. The van der Waals surface area contributed by atoms with Crippen molar-refractivity contribution in [2.24, 2.45) is 29.4 Å². The van der Waals surface area contributed by atoms with Crippen LogP contribution in [-0.2, 0) is 9.59 Å². The molecule has 180 valence electrons. The van der Waals surface area contributed by atoms with Gasteiger partial charge in [-0.05, 0) is 62.5 Å². The molecular formula is C27H32N2O4S. The number of thiophene rings is 1. The maximum atomic E-state index is 13.5. The monoisotopic (exact) mass is 480 g/mol. The molecule has 6 nitrogen and oxygen atoms in total. The first-order valence-corrected chi connectivity index (χ1v) is 12.6. The number of aryl methyl sites for hydroxylation is 1. The molecule has 2 aliphatic carbocycles. The van der Waals surface area contributed by atoms with Gasteiger partial charge in [-0.1, -0.05) is 49.3 Å². The molecule has 4 atom stereocenters. The van der Waals surface area contributed by atoms with Crippen molar-refractivity contribution in [2.45, 2.75) is 53.4 Å². The SMILES string of the molecule is CC(C)=C1[C@H]2CC[C@@H]1[C@H](C(=O)Nc1sc(C)c(-c3ccc(C(C)C)cc3)c1C(N)=O)[C@H]2C(=O)O. The maximum Gasteiger partial charge on any atom is 0.307 e. The summed E-state index contributed by atoms with van der Waals surface area (Å²) in [7, 11) is 0. The number of nitrogens with one attached hydrogen (secondary N) is 1. The Labute approximate surface area is 204 Å². The lowest BCUT2D eigenvalue weighted by Crippen LogP contribution is -2.38. The average Bonchev–Trinajstić information content (AvgIpc) is 3.42. The number of rotatable bonds is 6. The summed E-state index contributed by atoms with van der Waals surface area (Å²) in [5, 5.41) is 13.3. The number of carboxylic acids is 1. The first-order chi connectivity index (χ1) is 16.0. The summed E-state index contributed by atoms with van der Waals surface area (Å²) >= 11 is 1.31. The second-order valence-corrected chi connectivity index (χ2v) is 11.2. The zero-order valence-corrected chi connectivity index (χ0v) is 21.1. The normalized spacial score (nSPS) is 23.4. The van der Waals surface area contributed by atoms with Gasteiger partial charge in [0.15, 0.2) is 0 Å². The Balaban J connectivity index is 1.70. The van der Waals surface area contributed by atoms with Crippen LogP contribution in [0.4, 0.5) is 5.00 Å². The Morgan fingerprint density at radius 2 is 1.65 bits per heavy atom. The van der Waals surface area contributed by atoms with Crippen molar-refractivity contribution in [3.63, 3.8) is 0 Å². The van der Waals surface area contributed by atoms with Crippen LogP contribution in [0.15, 0.2) is 35.4 Å². The van der Waals surface area contributed by atoms with E-state index in [1.165, 1.54) is 16.9 Å². The van der Waals surface area contributed by atoms with Crippen molar-refractivity contribution >= 4 is 34.1 Å². The van der Waals surface area contributed by atoms with Crippen LogP contribution in [-0.4, -0.2) is 22.9 Å². The van der Waals surface area contributed by atoms with Gasteiger partial charge in [-0.3, -0.25) is 14.4 Å². The van der Waals surface area contributed by atoms with Gasteiger partial charge in [0.05, 0.1) is 17.4 Å². The molecule has 7 heteroatoms. The number of fused-ring (bicyclic) bond motifs is 2. The van der Waals surface area contributed by atoms with Crippen molar-refractivity contribution < 1.29 is 19.5 Å². The molecular weight excluding hydrogens is 448 g/mol. The van der Waals surface area contributed by atoms with E-state index in [9.17, 15) is 19.5 Å². The molecule has 1 heterocycles. The molecule has 0 unspecified atom stereocenters. The largest absolute Gasteiger partial charge is 0.481 e. The highest BCUT2D eigenvalue weighted by Gasteiger charge is 2.57. The zero-order valence-electron chi connectivity index (χ0n) is 20.3. The lowest BCUT2D eigenvalue weighted by Gasteiger charge is -2.26. The Bertz CT molecular complexity index is 1190. The highest BCUT2D eigenvalue weighted by Crippen LogP contribution is 2.57. The highest BCUT2D eigenvalue weighted by molar-refractivity contribution is 7.17. The van der Waals surface area contributed by atoms with Crippen molar-refractivity contribution in [1.29, 1.82) is 0 Å². The van der Waals surface area contributed by atoms with Crippen LogP contribution in [0.25, 0.3) is 11.1 Å². The van der Waals surface area contributed by atoms with Crippen LogP contribution in [0.1, 0.15) is 67.3 Å². The second kappa shape index (κ2) is 9.02. The van der Waals surface area contributed by atoms with Gasteiger partial charge in [-0.2, -0.15) is 0 Å². The predicted molar refractivity (Wildman–Crippen MR) is 135 cm³/mol. The van der Waals surface area contributed by atoms with Crippen molar-refractivity contribution in [3.8, 4) is 11.1 Å². The molecule has 0 radical (unpaired) electrons. The highest BCUT2D eigenvalue weighted by atomic mass is 32.1. The Morgan fingerprint density at radius 3 is 2.15 bits per heavy atom. The number of carbonyl (C=O) groups is 3. The number of carboxylic acid groups (broad SMARTS) is 1. The van der Waals surface area contributed by atoms with Crippen LogP contribution < -0.4 is 11.1 Å². The van der Waals surface area contributed by atoms with E-state index in [-0.39, 0.29) is 23.3 Å². The van der Waals surface area contributed by atoms with Gasteiger partial charge >= 0.3 is 5.97 Å². The fourth-order valence-corrected chi connectivity index (χ4v) is 7.13. The Morgan fingerprint density at radius 1 is 1.06 bits per heavy atom. The van der Waals surface area contributed by atoms with E-state index >= 15 is 0 Å².